The number of hydrogen-bond donors (Lipinski definition) is 3. The lowest BCUT2D eigenvalue weighted by atomic mass is 9.88. The molecule has 0 spiro atoms. The van der Waals surface area contributed by atoms with Crippen molar-refractivity contribution in [2.45, 2.75) is 120 Å². The fraction of sp³-hybridized carbons (Fsp3) is 0.634. The Bertz CT molecular complexity index is 2160. The van der Waals surface area contributed by atoms with Crippen molar-refractivity contribution in [2.75, 3.05) is 32.6 Å². The number of alkyl halides is 3. The molecule has 2 aliphatic carbocycles. The SMILES string of the molecule is COc1ccc2c(O[C@@H]3C[C@H]4C(=O)N[C@]5(C(=O)NS(=O)(=O)C6(C)CC6)CC5/C=C\CC[C@H](C)C[C@@H](C)[C@H](NC(=O)OC(C)(C)C(F)(F)F)C(=O)N4C3)nc(N(C)C)cc2c1. The van der Waals surface area contributed by atoms with Gasteiger partial charge in [0.1, 0.15) is 35.3 Å². The van der Waals surface area contributed by atoms with Gasteiger partial charge in [-0.3, -0.25) is 19.1 Å². The second-order valence-corrected chi connectivity index (χ2v) is 19.9. The molecule has 1 saturated heterocycles. The number of alkyl carbamates (subject to hydrolysis) is 1. The number of aromatic nitrogens is 1. The van der Waals surface area contributed by atoms with Gasteiger partial charge in [0.25, 0.3) is 5.91 Å². The zero-order valence-electron chi connectivity index (χ0n) is 35.1. The Kier molecular flexibility index (Phi) is 12.1. The molecule has 4 aliphatic rings. The molecule has 330 valence electrons. The molecule has 4 amide bonds. The number of ether oxygens (including phenoxy) is 3. The van der Waals surface area contributed by atoms with Crippen molar-refractivity contribution < 1.29 is 55.0 Å². The number of allylic oxidation sites excluding steroid dienone is 1. The van der Waals surface area contributed by atoms with E-state index in [0.717, 1.165) is 5.39 Å². The number of nitrogens with one attached hydrogen (secondary N) is 3. The number of amides is 4. The predicted octanol–water partition coefficient (Wildman–Crippen LogP) is 4.98. The normalized spacial score (nSPS) is 28.8. The highest BCUT2D eigenvalue weighted by molar-refractivity contribution is 7.91. The van der Waals surface area contributed by atoms with Crippen LogP contribution in [-0.4, -0.2) is 110 Å². The average Bonchev–Trinajstić information content (AvgIpc) is 4.04. The van der Waals surface area contributed by atoms with Crippen LogP contribution in [0.3, 0.4) is 0 Å². The molecule has 6 rings (SSSR count). The second kappa shape index (κ2) is 16.2. The summed E-state index contributed by atoms with van der Waals surface area (Å²) in [4.78, 5) is 64.3. The molecule has 3 fully saturated rings. The monoisotopic (exact) mass is 864 g/mol. The third-order valence-electron chi connectivity index (χ3n) is 12.3. The molecular formula is C41H55F3N6O9S. The van der Waals surface area contributed by atoms with Gasteiger partial charge in [-0.05, 0) is 101 Å². The van der Waals surface area contributed by atoms with Crippen LogP contribution in [0.1, 0.15) is 79.6 Å². The van der Waals surface area contributed by atoms with Crippen molar-refractivity contribution in [3.05, 3.63) is 36.4 Å². The van der Waals surface area contributed by atoms with Crippen LogP contribution in [0.5, 0.6) is 11.6 Å². The molecule has 3 N–H and O–H groups in total. The van der Waals surface area contributed by atoms with E-state index >= 15 is 0 Å². The Morgan fingerprint density at radius 3 is 2.42 bits per heavy atom. The van der Waals surface area contributed by atoms with Gasteiger partial charge in [-0.15, -0.1) is 0 Å². The van der Waals surface area contributed by atoms with Crippen molar-refractivity contribution in [1.82, 2.24) is 25.2 Å². The summed E-state index contributed by atoms with van der Waals surface area (Å²) in [6.45, 7) is 6.33. The number of hydrogen-bond acceptors (Lipinski definition) is 11. The summed E-state index contributed by atoms with van der Waals surface area (Å²) in [6, 6.07) is 4.36. The molecule has 1 aromatic carbocycles. The van der Waals surface area contributed by atoms with Gasteiger partial charge in [-0.1, -0.05) is 26.0 Å². The maximum Gasteiger partial charge on any atom is 0.427 e. The van der Waals surface area contributed by atoms with Crippen molar-refractivity contribution in [3.8, 4) is 11.6 Å². The smallest absolute Gasteiger partial charge is 0.427 e. The van der Waals surface area contributed by atoms with Crippen LogP contribution in [0.25, 0.3) is 10.8 Å². The molecule has 0 bridgehead atoms. The van der Waals surface area contributed by atoms with Crippen LogP contribution >= 0.6 is 0 Å². The Balaban J connectivity index is 1.38. The van der Waals surface area contributed by atoms with Crippen LogP contribution in [-0.2, 0) is 29.1 Å². The van der Waals surface area contributed by atoms with Crippen LogP contribution in [0, 0.1) is 17.8 Å². The van der Waals surface area contributed by atoms with Gasteiger partial charge < -0.3 is 34.6 Å². The number of methoxy groups -OCH3 is 1. The van der Waals surface area contributed by atoms with Crippen molar-refractivity contribution >= 4 is 50.4 Å². The molecule has 15 nitrogen and oxygen atoms in total. The van der Waals surface area contributed by atoms with E-state index in [1.54, 1.807) is 50.2 Å². The van der Waals surface area contributed by atoms with E-state index in [0.29, 0.717) is 62.9 Å². The quantitative estimate of drug-likeness (QED) is 0.289. The van der Waals surface area contributed by atoms with E-state index < -0.39 is 85.9 Å². The van der Waals surface area contributed by atoms with Crippen molar-refractivity contribution in [3.63, 3.8) is 0 Å². The number of pyridine rings is 1. The van der Waals surface area contributed by atoms with Crippen LogP contribution in [0.15, 0.2) is 36.4 Å². The summed E-state index contributed by atoms with van der Waals surface area (Å²) in [5.41, 5.74) is -4.54. The topological polar surface area (TPSA) is 186 Å². The largest absolute Gasteiger partial charge is 0.497 e. The van der Waals surface area contributed by atoms with E-state index in [-0.39, 0.29) is 31.2 Å². The molecule has 1 aromatic heterocycles. The second-order valence-electron chi connectivity index (χ2n) is 17.7. The first kappa shape index (κ1) is 44.7. The molecule has 3 heterocycles. The first-order valence-corrected chi connectivity index (χ1v) is 21.6. The highest BCUT2D eigenvalue weighted by atomic mass is 32.2. The molecule has 19 heteroatoms. The van der Waals surface area contributed by atoms with Gasteiger partial charge in [0.15, 0.2) is 0 Å². The average molecular weight is 865 g/mol. The molecule has 0 radical (unpaired) electrons. The van der Waals surface area contributed by atoms with Crippen LogP contribution in [0.4, 0.5) is 23.8 Å². The number of halogens is 3. The van der Waals surface area contributed by atoms with Gasteiger partial charge in [0, 0.05) is 31.8 Å². The van der Waals surface area contributed by atoms with Gasteiger partial charge >= 0.3 is 12.3 Å². The fourth-order valence-electron chi connectivity index (χ4n) is 7.84. The van der Waals surface area contributed by atoms with Crippen LogP contribution in [0.2, 0.25) is 0 Å². The summed E-state index contributed by atoms with van der Waals surface area (Å²) < 4.78 is 85.7. The fourth-order valence-corrected chi connectivity index (χ4v) is 9.15. The maximum absolute atomic E-state index is 14.9. The maximum atomic E-state index is 14.9. The van der Waals surface area contributed by atoms with Gasteiger partial charge in [0.2, 0.25) is 33.3 Å². The summed E-state index contributed by atoms with van der Waals surface area (Å²) in [5.74, 6) is -2.39. The zero-order valence-corrected chi connectivity index (χ0v) is 36.0. The summed E-state index contributed by atoms with van der Waals surface area (Å²) in [7, 11) is 1.05. The van der Waals surface area contributed by atoms with E-state index in [1.165, 1.54) is 18.9 Å². The zero-order chi connectivity index (χ0) is 44.2. The van der Waals surface area contributed by atoms with Gasteiger partial charge in [-0.2, -0.15) is 18.2 Å². The third-order valence-corrected chi connectivity index (χ3v) is 14.4. The highest BCUT2D eigenvalue weighted by Gasteiger charge is 2.63. The summed E-state index contributed by atoms with van der Waals surface area (Å²) in [5, 5.41) is 6.54. The van der Waals surface area contributed by atoms with Crippen molar-refractivity contribution in [1.29, 1.82) is 0 Å². The number of rotatable bonds is 9. The van der Waals surface area contributed by atoms with E-state index in [1.807, 2.05) is 19.1 Å². The lowest BCUT2D eigenvalue weighted by molar-refractivity contribution is -0.244. The minimum atomic E-state index is -4.92. The Morgan fingerprint density at radius 2 is 1.78 bits per heavy atom. The Morgan fingerprint density at radius 1 is 1.08 bits per heavy atom. The number of anilines is 1. The molecule has 7 atom stereocenters. The summed E-state index contributed by atoms with van der Waals surface area (Å²) >= 11 is 0. The lowest BCUT2D eigenvalue weighted by Crippen LogP contribution is -2.59. The van der Waals surface area contributed by atoms with Gasteiger partial charge in [0.05, 0.1) is 18.4 Å². The number of carbonyl (C=O) groups is 4. The molecule has 1 unspecified atom stereocenters. The minimum absolute atomic E-state index is 0.0432. The van der Waals surface area contributed by atoms with E-state index in [9.17, 15) is 40.8 Å². The predicted molar refractivity (Wildman–Crippen MR) is 216 cm³/mol. The number of nitrogens with zero attached hydrogens (tertiary/aromatic N) is 3. The molecule has 2 aliphatic heterocycles. The Labute approximate surface area is 348 Å². The van der Waals surface area contributed by atoms with Gasteiger partial charge in [-0.25, -0.2) is 13.2 Å². The first-order chi connectivity index (χ1) is 27.9. The number of benzene rings is 1. The molecule has 2 saturated carbocycles. The van der Waals surface area contributed by atoms with Crippen molar-refractivity contribution in [2.24, 2.45) is 17.8 Å². The number of sulfonamides is 1. The Hall–Kier alpha value is -4.81. The molecule has 60 heavy (non-hydrogen) atoms. The number of carbonyl (C=O) groups excluding carboxylic acids is 4. The third kappa shape index (κ3) is 9.10. The molecule has 2 aromatic rings. The number of fused-ring (bicyclic) bond motifs is 3. The minimum Gasteiger partial charge on any atom is -0.497 e. The lowest BCUT2D eigenvalue weighted by Gasteiger charge is -2.34. The standard InChI is InChI=1S/C41H55F3N6O9S/c1-23-11-9-10-12-26-21-40(26,36(53)48-60(55,56)39(5)15-16-39)47-33(51)30-20-28(58-34-29-14-13-27(57-8)18-25(29)19-31(45-34)49(6)7)22-50(30)35(52)32(24(2)17-23)46-37(54)59-38(3,4)41(42,43)44/h10,12-14,18-19,23-24,26,28,30,32H,9,11,15-17,20-22H2,1-8H3,(H,46,54)(H,47,51)(H,48,53)/b12-10-/t23-,24+,26?,28+,30-,32-,40+/m0/s1. The van der Waals surface area contributed by atoms with Crippen LogP contribution < -0.4 is 29.7 Å². The van der Waals surface area contributed by atoms with E-state index in [4.69, 9.17) is 19.2 Å². The van der Waals surface area contributed by atoms with E-state index in [2.05, 4.69) is 15.4 Å². The highest BCUT2D eigenvalue weighted by Crippen LogP contribution is 2.48. The molecular weight excluding hydrogens is 810 g/mol. The first-order valence-electron chi connectivity index (χ1n) is 20.2. The summed E-state index contributed by atoms with van der Waals surface area (Å²) in [6.07, 6.45) is -1.39.